The molecule has 0 radical (unpaired) electrons. The number of carbonyl (C=O) groups excluding carboxylic acids is 1. The van der Waals surface area contributed by atoms with Gasteiger partial charge in [0.25, 0.3) is 0 Å². The number of methoxy groups -OCH3 is 1. The predicted molar refractivity (Wildman–Crippen MR) is 115 cm³/mol. The molecule has 1 aliphatic heterocycles. The van der Waals surface area contributed by atoms with Crippen molar-refractivity contribution in [2.45, 2.75) is 17.9 Å². The first-order valence-electron chi connectivity index (χ1n) is 9.90. The molecule has 158 valence electrons. The third-order valence-corrected chi connectivity index (χ3v) is 7.67. The monoisotopic (exact) mass is 427 g/mol. The summed E-state index contributed by atoms with van der Waals surface area (Å²) in [6, 6.07) is 13.8. The van der Waals surface area contributed by atoms with E-state index >= 15 is 0 Å². The zero-order valence-electron chi connectivity index (χ0n) is 17.0. The van der Waals surface area contributed by atoms with Crippen molar-refractivity contribution >= 4 is 26.7 Å². The number of Topliss-reactive ketones (excluding diaryl/α,β-unsaturated/α-hetero) is 1. The van der Waals surface area contributed by atoms with Crippen molar-refractivity contribution in [2.75, 3.05) is 33.3 Å². The van der Waals surface area contributed by atoms with Crippen molar-refractivity contribution < 1.29 is 17.9 Å². The summed E-state index contributed by atoms with van der Waals surface area (Å²) in [5.74, 6) is 0.655. The summed E-state index contributed by atoms with van der Waals surface area (Å²) < 4.78 is 32.4. The molecule has 1 aromatic heterocycles. The van der Waals surface area contributed by atoms with Crippen LogP contribution in [0.3, 0.4) is 0 Å². The molecule has 3 aromatic rings. The van der Waals surface area contributed by atoms with E-state index in [9.17, 15) is 13.2 Å². The van der Waals surface area contributed by atoms with E-state index < -0.39 is 10.0 Å². The summed E-state index contributed by atoms with van der Waals surface area (Å²) >= 11 is 0. The van der Waals surface area contributed by atoms with Crippen LogP contribution in [0.2, 0.25) is 0 Å². The third kappa shape index (κ3) is 3.74. The molecule has 1 N–H and O–H groups in total. The van der Waals surface area contributed by atoms with Crippen LogP contribution in [0.1, 0.15) is 17.3 Å². The van der Waals surface area contributed by atoms with Gasteiger partial charge in [-0.3, -0.25) is 9.69 Å². The Balaban J connectivity index is 1.44. The van der Waals surface area contributed by atoms with E-state index in [2.05, 4.69) is 4.98 Å². The van der Waals surface area contributed by atoms with Crippen LogP contribution in [0.4, 0.5) is 0 Å². The highest BCUT2D eigenvalue weighted by molar-refractivity contribution is 7.89. The zero-order valence-corrected chi connectivity index (χ0v) is 17.9. The number of carbonyl (C=O) groups is 1. The first kappa shape index (κ1) is 20.6. The number of fused-ring (bicyclic) bond motifs is 1. The van der Waals surface area contributed by atoms with Crippen LogP contribution in [-0.4, -0.2) is 67.7 Å². The Hall–Kier alpha value is -2.68. The number of ketones is 1. The Labute approximate surface area is 176 Å². The molecule has 1 atom stereocenters. The molecule has 1 aliphatic rings. The molecule has 8 heteroatoms. The number of hydrogen-bond donors (Lipinski definition) is 1. The van der Waals surface area contributed by atoms with E-state index in [1.54, 1.807) is 37.6 Å². The molecule has 0 saturated carbocycles. The molecule has 30 heavy (non-hydrogen) atoms. The van der Waals surface area contributed by atoms with Crippen LogP contribution < -0.4 is 4.74 Å². The number of aromatic nitrogens is 1. The molecule has 0 bridgehead atoms. The summed E-state index contributed by atoms with van der Waals surface area (Å²) in [4.78, 5) is 18.5. The highest BCUT2D eigenvalue weighted by atomic mass is 32.2. The lowest BCUT2D eigenvalue weighted by atomic mass is 10.0. The number of sulfonamides is 1. The minimum atomic E-state index is -3.57. The largest absolute Gasteiger partial charge is 0.497 e. The van der Waals surface area contributed by atoms with Crippen LogP contribution in [0.15, 0.2) is 59.6 Å². The fourth-order valence-electron chi connectivity index (χ4n) is 3.89. The van der Waals surface area contributed by atoms with Gasteiger partial charge in [0.05, 0.1) is 18.0 Å². The van der Waals surface area contributed by atoms with Crippen LogP contribution >= 0.6 is 0 Å². The summed E-state index contributed by atoms with van der Waals surface area (Å²) in [5, 5.41) is 0.912. The van der Waals surface area contributed by atoms with Crippen molar-refractivity contribution in [2.24, 2.45) is 0 Å². The molecule has 0 aliphatic carbocycles. The second-order valence-corrected chi connectivity index (χ2v) is 9.34. The maximum atomic E-state index is 13.1. The first-order valence-corrected chi connectivity index (χ1v) is 11.3. The highest BCUT2D eigenvalue weighted by Crippen LogP contribution is 2.23. The molecular weight excluding hydrogens is 402 g/mol. The highest BCUT2D eigenvalue weighted by Gasteiger charge is 2.32. The molecule has 1 saturated heterocycles. The maximum Gasteiger partial charge on any atom is 0.243 e. The number of ether oxygens (including phenoxy) is 1. The Morgan fingerprint density at radius 1 is 1.03 bits per heavy atom. The van der Waals surface area contributed by atoms with Crippen LogP contribution in [-0.2, 0) is 10.0 Å². The van der Waals surface area contributed by atoms with Gasteiger partial charge in [-0.05, 0) is 37.3 Å². The lowest BCUT2D eigenvalue weighted by Gasteiger charge is -2.36. The Kier molecular flexibility index (Phi) is 5.64. The van der Waals surface area contributed by atoms with Crippen LogP contribution in [0.25, 0.3) is 10.9 Å². The number of aromatic amines is 1. The predicted octanol–water partition coefficient (Wildman–Crippen LogP) is 2.75. The Morgan fingerprint density at radius 2 is 1.70 bits per heavy atom. The second kappa shape index (κ2) is 8.22. The van der Waals surface area contributed by atoms with Crippen molar-refractivity contribution in [3.05, 3.63) is 60.3 Å². The maximum absolute atomic E-state index is 13.1. The van der Waals surface area contributed by atoms with Gasteiger partial charge in [-0.1, -0.05) is 18.2 Å². The molecule has 0 spiro atoms. The van der Waals surface area contributed by atoms with Crippen LogP contribution in [0, 0.1) is 0 Å². The minimum absolute atomic E-state index is 0.0407. The van der Waals surface area contributed by atoms with Gasteiger partial charge in [-0.15, -0.1) is 0 Å². The fraction of sp³-hybridized carbons (Fsp3) is 0.318. The van der Waals surface area contributed by atoms with E-state index in [1.165, 1.54) is 4.31 Å². The van der Waals surface area contributed by atoms with Gasteiger partial charge in [-0.2, -0.15) is 4.31 Å². The SMILES string of the molecule is COc1ccc(S(=O)(=O)N2CCN(C(C)C(=O)c3c[nH]c4ccccc34)CC2)cc1. The molecule has 1 fully saturated rings. The smallest absolute Gasteiger partial charge is 0.243 e. The molecule has 7 nitrogen and oxygen atoms in total. The molecular formula is C22H25N3O4S. The van der Waals surface area contributed by atoms with E-state index in [0.717, 1.165) is 10.9 Å². The summed E-state index contributed by atoms with van der Waals surface area (Å²) in [7, 11) is -2.02. The zero-order chi connectivity index (χ0) is 21.3. The number of H-pyrrole nitrogens is 1. The lowest BCUT2D eigenvalue weighted by molar-refractivity contribution is 0.0784. The molecule has 2 heterocycles. The number of hydrogen-bond acceptors (Lipinski definition) is 5. The first-order chi connectivity index (χ1) is 14.4. The summed E-state index contributed by atoms with van der Waals surface area (Å²) in [6.45, 7) is 3.59. The Bertz CT molecular complexity index is 1150. The van der Waals surface area contributed by atoms with Gasteiger partial charge in [0.2, 0.25) is 10.0 Å². The van der Waals surface area contributed by atoms with Crippen molar-refractivity contribution in [1.29, 1.82) is 0 Å². The quantitative estimate of drug-likeness (QED) is 0.612. The average molecular weight is 428 g/mol. The van der Waals surface area contributed by atoms with Crippen LogP contribution in [0.5, 0.6) is 5.75 Å². The average Bonchev–Trinajstić information content (AvgIpc) is 3.22. The van der Waals surface area contributed by atoms with Crippen molar-refractivity contribution in [3.63, 3.8) is 0 Å². The fourth-order valence-corrected chi connectivity index (χ4v) is 5.32. The number of benzene rings is 2. The van der Waals surface area contributed by atoms with Crippen molar-refractivity contribution in [3.8, 4) is 5.75 Å². The topological polar surface area (TPSA) is 82.7 Å². The van der Waals surface area contributed by atoms with Gasteiger partial charge >= 0.3 is 0 Å². The third-order valence-electron chi connectivity index (χ3n) is 5.75. The van der Waals surface area contributed by atoms with Gasteiger partial charge in [0, 0.05) is 48.8 Å². The van der Waals surface area contributed by atoms with Gasteiger partial charge in [-0.25, -0.2) is 8.42 Å². The van der Waals surface area contributed by atoms with Crippen molar-refractivity contribution in [1.82, 2.24) is 14.2 Å². The van der Waals surface area contributed by atoms with Gasteiger partial charge in [0.1, 0.15) is 5.75 Å². The number of para-hydroxylation sites is 1. The normalized spacial score (nSPS) is 17.1. The van der Waals surface area contributed by atoms with E-state index in [1.807, 2.05) is 36.1 Å². The van der Waals surface area contributed by atoms with E-state index in [-0.39, 0.29) is 16.7 Å². The molecule has 0 amide bonds. The molecule has 4 rings (SSSR count). The number of rotatable bonds is 6. The Morgan fingerprint density at radius 3 is 2.37 bits per heavy atom. The summed E-state index contributed by atoms with van der Waals surface area (Å²) in [5.41, 5.74) is 1.61. The minimum Gasteiger partial charge on any atom is -0.497 e. The second-order valence-electron chi connectivity index (χ2n) is 7.40. The van der Waals surface area contributed by atoms with Gasteiger partial charge in [0.15, 0.2) is 5.78 Å². The number of nitrogens with zero attached hydrogens (tertiary/aromatic N) is 2. The molecule has 1 unspecified atom stereocenters. The molecule has 2 aromatic carbocycles. The van der Waals surface area contributed by atoms with E-state index in [4.69, 9.17) is 4.74 Å². The van der Waals surface area contributed by atoms with E-state index in [0.29, 0.717) is 37.5 Å². The standard InChI is InChI=1S/C22H25N3O4S/c1-16(22(26)20-15-23-21-6-4-3-5-19(20)21)24-11-13-25(14-12-24)30(27,28)18-9-7-17(29-2)8-10-18/h3-10,15-16,23H,11-14H2,1-2H3. The number of nitrogens with one attached hydrogen (secondary N) is 1. The van der Waals surface area contributed by atoms with Gasteiger partial charge < -0.3 is 9.72 Å². The summed E-state index contributed by atoms with van der Waals surface area (Å²) in [6.07, 6.45) is 1.76. The number of piperazine rings is 1. The lowest BCUT2D eigenvalue weighted by Crippen LogP contribution is -2.53.